The quantitative estimate of drug-likeness (QED) is 0.705. The van der Waals surface area contributed by atoms with E-state index in [1.165, 1.54) is 64.0 Å². The number of terminal acetylenes is 1. The summed E-state index contributed by atoms with van der Waals surface area (Å²) in [5.74, 6) is 1.72. The van der Waals surface area contributed by atoms with Gasteiger partial charge in [-0.15, -0.1) is 12.8 Å². The third-order valence-corrected chi connectivity index (χ3v) is 5.49. The summed E-state index contributed by atoms with van der Waals surface area (Å²) in [6, 6.07) is 0.847. The third-order valence-electron chi connectivity index (χ3n) is 5.49. The van der Waals surface area contributed by atoms with Crippen molar-refractivity contribution >= 4 is 0 Å². The number of piperazine rings is 1. The minimum atomic E-state index is 0.846. The fourth-order valence-electron chi connectivity index (χ4n) is 4.19. The first kappa shape index (κ1) is 20.0. The van der Waals surface area contributed by atoms with Gasteiger partial charge in [-0.2, -0.15) is 0 Å². The number of fused-ring (bicyclic) bond motifs is 1. The van der Waals surface area contributed by atoms with Gasteiger partial charge in [-0.3, -0.25) is 4.90 Å². The standard InChI is InChI=1S/C17H28N2.C2H6.C2H2/c1-3-18-8-10-19(11-9-18)17-7-6-15-5-4-14(2)12-16(15)13-17;2*1-2/h4-5,15-17H,2-3,6-13H2,1H3;1-2H3;1-2H. The molecule has 3 atom stereocenters. The Labute approximate surface area is 144 Å². The summed E-state index contributed by atoms with van der Waals surface area (Å²) in [5.41, 5.74) is 1.35. The van der Waals surface area contributed by atoms with Gasteiger partial charge in [-0.25, -0.2) is 0 Å². The molecule has 1 saturated carbocycles. The summed E-state index contributed by atoms with van der Waals surface area (Å²) in [6.45, 7) is 16.8. The van der Waals surface area contributed by atoms with E-state index in [-0.39, 0.29) is 0 Å². The molecular formula is C21H36N2. The molecule has 2 nitrogen and oxygen atoms in total. The number of likely N-dealkylation sites (N-methyl/N-ethyl adjacent to an activating group) is 1. The van der Waals surface area contributed by atoms with E-state index < -0.39 is 0 Å². The normalized spacial score (nSPS) is 31.2. The van der Waals surface area contributed by atoms with Crippen molar-refractivity contribution in [2.24, 2.45) is 11.8 Å². The monoisotopic (exact) mass is 316 g/mol. The first-order valence-electron chi connectivity index (χ1n) is 9.42. The van der Waals surface area contributed by atoms with Gasteiger partial charge >= 0.3 is 0 Å². The molecule has 0 amide bonds. The van der Waals surface area contributed by atoms with Crippen molar-refractivity contribution in [2.45, 2.75) is 52.5 Å². The fraction of sp³-hybridized carbons (Fsp3) is 0.714. The molecule has 1 heterocycles. The molecule has 0 N–H and O–H groups in total. The molecule has 0 radical (unpaired) electrons. The molecule has 2 heteroatoms. The largest absolute Gasteiger partial charge is 0.301 e. The van der Waals surface area contributed by atoms with Crippen LogP contribution in [-0.2, 0) is 0 Å². The summed E-state index contributed by atoms with van der Waals surface area (Å²) in [4.78, 5) is 5.34. The highest BCUT2D eigenvalue weighted by Gasteiger charge is 2.34. The van der Waals surface area contributed by atoms with Crippen LogP contribution in [-0.4, -0.2) is 48.6 Å². The smallest absolute Gasteiger partial charge is 0.0113 e. The zero-order valence-corrected chi connectivity index (χ0v) is 15.5. The SMILES string of the molecule is C#C.C=C1C=CC2CCC(N3CCN(CC)CC3)CC2C1.CC. The maximum Gasteiger partial charge on any atom is 0.0113 e. The van der Waals surface area contributed by atoms with Gasteiger partial charge in [0.05, 0.1) is 0 Å². The molecule has 0 aromatic heterocycles. The van der Waals surface area contributed by atoms with Gasteiger partial charge in [0, 0.05) is 32.2 Å². The molecule has 3 unspecified atom stereocenters. The van der Waals surface area contributed by atoms with Gasteiger partial charge in [-0.1, -0.05) is 45.1 Å². The van der Waals surface area contributed by atoms with E-state index >= 15 is 0 Å². The van der Waals surface area contributed by atoms with Gasteiger partial charge in [0.15, 0.2) is 0 Å². The molecule has 0 bridgehead atoms. The Kier molecular flexibility index (Phi) is 9.29. The van der Waals surface area contributed by atoms with Crippen LogP contribution in [0.1, 0.15) is 46.5 Å². The second-order valence-electron chi connectivity index (χ2n) is 6.58. The molecular weight excluding hydrogens is 280 g/mol. The first-order valence-corrected chi connectivity index (χ1v) is 9.42. The molecule has 23 heavy (non-hydrogen) atoms. The Bertz CT molecular complexity index is 388. The summed E-state index contributed by atoms with van der Waals surface area (Å²) < 4.78 is 0. The van der Waals surface area contributed by atoms with Gasteiger partial charge in [0.1, 0.15) is 0 Å². The van der Waals surface area contributed by atoms with Crippen LogP contribution in [0.2, 0.25) is 0 Å². The fourth-order valence-corrected chi connectivity index (χ4v) is 4.19. The maximum atomic E-state index is 4.16. The van der Waals surface area contributed by atoms with Crippen molar-refractivity contribution in [1.82, 2.24) is 9.80 Å². The van der Waals surface area contributed by atoms with Gasteiger partial charge in [-0.05, 0) is 44.1 Å². The Morgan fingerprint density at radius 3 is 2.39 bits per heavy atom. The predicted molar refractivity (Wildman–Crippen MR) is 102 cm³/mol. The Morgan fingerprint density at radius 2 is 1.78 bits per heavy atom. The van der Waals surface area contributed by atoms with E-state index in [2.05, 4.69) is 48.3 Å². The van der Waals surface area contributed by atoms with E-state index in [1.807, 2.05) is 13.8 Å². The molecule has 130 valence electrons. The average molecular weight is 317 g/mol. The Hall–Kier alpha value is -1.04. The lowest BCUT2D eigenvalue weighted by Gasteiger charge is -2.45. The molecule has 0 aromatic carbocycles. The molecule has 1 saturated heterocycles. The van der Waals surface area contributed by atoms with E-state index in [4.69, 9.17) is 0 Å². The highest BCUT2D eigenvalue weighted by Crippen LogP contribution is 2.40. The zero-order valence-electron chi connectivity index (χ0n) is 15.5. The van der Waals surface area contributed by atoms with Gasteiger partial charge in [0.2, 0.25) is 0 Å². The van der Waals surface area contributed by atoms with Crippen molar-refractivity contribution in [2.75, 3.05) is 32.7 Å². The van der Waals surface area contributed by atoms with E-state index in [9.17, 15) is 0 Å². The van der Waals surface area contributed by atoms with E-state index in [0.717, 1.165) is 17.9 Å². The lowest BCUT2D eigenvalue weighted by atomic mass is 9.71. The summed E-state index contributed by atoms with van der Waals surface area (Å²) in [6.07, 6.45) is 18.1. The second-order valence-corrected chi connectivity index (χ2v) is 6.58. The van der Waals surface area contributed by atoms with Gasteiger partial charge < -0.3 is 4.90 Å². The summed E-state index contributed by atoms with van der Waals surface area (Å²) in [7, 11) is 0. The third kappa shape index (κ3) is 5.52. The molecule has 0 aromatic rings. The molecule has 3 aliphatic rings. The maximum absolute atomic E-state index is 4.16. The van der Waals surface area contributed by atoms with Crippen LogP contribution in [0.25, 0.3) is 0 Å². The van der Waals surface area contributed by atoms with E-state index in [0.29, 0.717) is 0 Å². The summed E-state index contributed by atoms with van der Waals surface area (Å²) in [5, 5.41) is 0. The number of nitrogens with zero attached hydrogens (tertiary/aromatic N) is 2. The van der Waals surface area contributed by atoms with Crippen LogP contribution in [0.4, 0.5) is 0 Å². The Morgan fingerprint density at radius 1 is 1.13 bits per heavy atom. The number of hydrogen-bond acceptors (Lipinski definition) is 2. The molecule has 2 fully saturated rings. The highest BCUT2D eigenvalue weighted by molar-refractivity contribution is 5.21. The van der Waals surface area contributed by atoms with Crippen LogP contribution in [0.5, 0.6) is 0 Å². The zero-order chi connectivity index (χ0) is 17.2. The van der Waals surface area contributed by atoms with Gasteiger partial charge in [0.25, 0.3) is 0 Å². The molecule has 3 rings (SSSR count). The molecule has 1 aliphatic heterocycles. The Balaban J connectivity index is 0.000000615. The number of hydrogen-bond donors (Lipinski definition) is 0. The minimum Gasteiger partial charge on any atom is -0.301 e. The van der Waals surface area contributed by atoms with Crippen LogP contribution >= 0.6 is 0 Å². The predicted octanol–water partition coefficient (Wildman–Crippen LogP) is 4.20. The van der Waals surface area contributed by atoms with Crippen molar-refractivity contribution in [3.8, 4) is 12.8 Å². The van der Waals surface area contributed by atoms with Crippen molar-refractivity contribution in [3.63, 3.8) is 0 Å². The first-order chi connectivity index (χ1) is 11.3. The number of rotatable bonds is 2. The minimum absolute atomic E-state index is 0.846. The van der Waals surface area contributed by atoms with Crippen molar-refractivity contribution in [1.29, 1.82) is 0 Å². The van der Waals surface area contributed by atoms with Crippen LogP contribution < -0.4 is 0 Å². The van der Waals surface area contributed by atoms with Crippen LogP contribution in [0.15, 0.2) is 24.3 Å². The average Bonchev–Trinajstić information content (AvgIpc) is 2.64. The lowest BCUT2D eigenvalue weighted by molar-refractivity contribution is 0.0589. The molecule has 2 aliphatic carbocycles. The van der Waals surface area contributed by atoms with Crippen LogP contribution in [0.3, 0.4) is 0 Å². The topological polar surface area (TPSA) is 6.48 Å². The van der Waals surface area contributed by atoms with Crippen molar-refractivity contribution < 1.29 is 0 Å². The highest BCUT2D eigenvalue weighted by atomic mass is 15.3. The van der Waals surface area contributed by atoms with Crippen LogP contribution in [0, 0.1) is 24.7 Å². The lowest BCUT2D eigenvalue weighted by Crippen LogP contribution is -2.51. The summed E-state index contributed by atoms with van der Waals surface area (Å²) >= 11 is 0. The molecule has 0 spiro atoms. The van der Waals surface area contributed by atoms with Crippen molar-refractivity contribution in [3.05, 3.63) is 24.3 Å². The second kappa shape index (κ2) is 10.7. The number of allylic oxidation sites excluding steroid dienone is 3. The van der Waals surface area contributed by atoms with E-state index in [1.54, 1.807) is 0 Å².